The Morgan fingerprint density at radius 1 is 1.00 bits per heavy atom. The molecule has 1 amide bonds. The lowest BCUT2D eigenvalue weighted by Gasteiger charge is -2.21. The lowest BCUT2D eigenvalue weighted by Crippen LogP contribution is -2.46. The van der Waals surface area contributed by atoms with Crippen molar-refractivity contribution in [3.05, 3.63) is 59.7 Å². The highest BCUT2D eigenvalue weighted by Crippen LogP contribution is 2.45. The largest absolute Gasteiger partial charge is 0.494 e. The standard InChI is InChI=1S/C23H27NO4S2/c1-4-27-18-9-5-16(6-10-18)21(25)24-20(15(2)3)22(26)28-19-11-7-17(8-12-19)23-29-13-14-30-23/h5-12,15,20,23H,4,13-14H2,1-3H3,(H,24,25). The van der Waals surface area contributed by atoms with Crippen molar-refractivity contribution in [1.82, 2.24) is 5.32 Å². The molecule has 0 saturated carbocycles. The van der Waals surface area contributed by atoms with Crippen LogP contribution in [0.15, 0.2) is 48.5 Å². The van der Waals surface area contributed by atoms with Crippen molar-refractivity contribution >= 4 is 35.4 Å². The summed E-state index contributed by atoms with van der Waals surface area (Å²) in [7, 11) is 0. The first-order valence-corrected chi connectivity index (χ1v) is 12.2. The number of ether oxygens (including phenoxy) is 2. The zero-order chi connectivity index (χ0) is 21.5. The molecule has 1 saturated heterocycles. The number of rotatable bonds is 8. The molecular formula is C23H27NO4S2. The van der Waals surface area contributed by atoms with Crippen LogP contribution in [-0.4, -0.2) is 36.0 Å². The van der Waals surface area contributed by atoms with E-state index in [4.69, 9.17) is 9.47 Å². The Morgan fingerprint density at radius 3 is 2.17 bits per heavy atom. The van der Waals surface area contributed by atoms with Crippen LogP contribution in [0.4, 0.5) is 0 Å². The summed E-state index contributed by atoms with van der Waals surface area (Å²) in [6, 6.07) is 13.7. The fraction of sp³-hybridized carbons (Fsp3) is 0.391. The number of nitrogens with one attached hydrogen (secondary N) is 1. The molecule has 1 unspecified atom stereocenters. The Labute approximate surface area is 186 Å². The van der Waals surface area contributed by atoms with Crippen molar-refractivity contribution in [3.8, 4) is 11.5 Å². The smallest absolute Gasteiger partial charge is 0.334 e. The third-order valence-corrected chi connectivity index (χ3v) is 7.73. The molecule has 1 atom stereocenters. The minimum atomic E-state index is -0.746. The minimum Gasteiger partial charge on any atom is -0.494 e. The van der Waals surface area contributed by atoms with Gasteiger partial charge in [-0.15, -0.1) is 23.5 Å². The lowest BCUT2D eigenvalue weighted by atomic mass is 10.0. The third kappa shape index (κ3) is 5.95. The van der Waals surface area contributed by atoms with Crippen molar-refractivity contribution in [2.24, 2.45) is 5.92 Å². The predicted molar refractivity (Wildman–Crippen MR) is 123 cm³/mol. The van der Waals surface area contributed by atoms with Crippen LogP contribution in [-0.2, 0) is 4.79 Å². The van der Waals surface area contributed by atoms with E-state index in [1.165, 1.54) is 5.56 Å². The Bertz CT molecular complexity index is 847. The maximum absolute atomic E-state index is 12.7. The van der Waals surface area contributed by atoms with Crippen LogP contribution >= 0.6 is 23.5 Å². The number of amides is 1. The molecule has 7 heteroatoms. The first kappa shape index (κ1) is 22.6. The van der Waals surface area contributed by atoms with Gasteiger partial charge in [0.25, 0.3) is 5.91 Å². The fourth-order valence-electron chi connectivity index (χ4n) is 3.02. The van der Waals surface area contributed by atoms with E-state index in [1.807, 2.05) is 68.6 Å². The first-order chi connectivity index (χ1) is 14.5. The molecule has 2 aromatic rings. The summed E-state index contributed by atoms with van der Waals surface area (Å²) in [5.41, 5.74) is 1.69. The molecule has 0 radical (unpaired) electrons. The Kier molecular flexibility index (Phi) is 8.10. The van der Waals surface area contributed by atoms with Crippen molar-refractivity contribution in [2.45, 2.75) is 31.4 Å². The van der Waals surface area contributed by atoms with Gasteiger partial charge in [0.05, 0.1) is 11.2 Å². The van der Waals surface area contributed by atoms with Crippen molar-refractivity contribution in [1.29, 1.82) is 0 Å². The van der Waals surface area contributed by atoms with Gasteiger partial charge in [-0.2, -0.15) is 0 Å². The quantitative estimate of drug-likeness (QED) is 0.459. The molecule has 0 aliphatic carbocycles. The summed E-state index contributed by atoms with van der Waals surface area (Å²) in [6.07, 6.45) is 0. The highest BCUT2D eigenvalue weighted by Gasteiger charge is 2.27. The third-order valence-electron chi connectivity index (χ3n) is 4.63. The van der Waals surface area contributed by atoms with Gasteiger partial charge < -0.3 is 14.8 Å². The zero-order valence-electron chi connectivity index (χ0n) is 17.4. The highest BCUT2D eigenvalue weighted by atomic mass is 32.2. The van der Waals surface area contributed by atoms with Gasteiger partial charge in [-0.1, -0.05) is 26.0 Å². The second kappa shape index (κ2) is 10.8. The normalized spacial score (nSPS) is 15.1. The topological polar surface area (TPSA) is 64.6 Å². The second-order valence-electron chi connectivity index (χ2n) is 7.22. The minimum absolute atomic E-state index is 0.116. The number of carbonyl (C=O) groups excluding carboxylic acids is 2. The Balaban J connectivity index is 1.62. The molecule has 5 nitrogen and oxygen atoms in total. The van der Waals surface area contributed by atoms with Crippen molar-refractivity contribution in [2.75, 3.05) is 18.1 Å². The Hall–Kier alpha value is -2.12. The van der Waals surface area contributed by atoms with Gasteiger partial charge in [-0.25, -0.2) is 4.79 Å². The van der Waals surface area contributed by atoms with Crippen molar-refractivity contribution in [3.63, 3.8) is 0 Å². The monoisotopic (exact) mass is 445 g/mol. The van der Waals surface area contributed by atoms with E-state index in [0.717, 1.165) is 11.5 Å². The number of carbonyl (C=O) groups is 2. The molecule has 1 aliphatic heterocycles. The van der Waals surface area contributed by atoms with Gasteiger partial charge in [0.1, 0.15) is 17.5 Å². The molecule has 0 spiro atoms. The van der Waals surface area contributed by atoms with Gasteiger partial charge in [-0.05, 0) is 54.8 Å². The maximum atomic E-state index is 12.7. The fourth-order valence-corrected chi connectivity index (χ4v) is 5.87. The van der Waals surface area contributed by atoms with Crippen LogP contribution in [0.25, 0.3) is 0 Å². The van der Waals surface area contributed by atoms with E-state index in [-0.39, 0.29) is 11.8 Å². The number of hydrogen-bond acceptors (Lipinski definition) is 6. The van der Waals surface area contributed by atoms with E-state index < -0.39 is 12.0 Å². The van der Waals surface area contributed by atoms with E-state index in [2.05, 4.69) is 5.32 Å². The van der Waals surface area contributed by atoms with Gasteiger partial charge in [0.2, 0.25) is 0 Å². The summed E-state index contributed by atoms with van der Waals surface area (Å²) in [5.74, 6) is 2.60. The molecule has 160 valence electrons. The SMILES string of the molecule is CCOc1ccc(C(=O)NC(C(=O)Oc2ccc(C3SCCS3)cc2)C(C)C)cc1. The summed E-state index contributed by atoms with van der Waals surface area (Å²) in [6.45, 7) is 6.22. The van der Waals surface area contributed by atoms with Crippen LogP contribution in [0.5, 0.6) is 11.5 Å². The number of hydrogen-bond donors (Lipinski definition) is 1. The summed E-state index contributed by atoms with van der Waals surface area (Å²) in [5, 5.41) is 2.80. The van der Waals surface area contributed by atoms with E-state index in [1.54, 1.807) is 24.3 Å². The summed E-state index contributed by atoms with van der Waals surface area (Å²) in [4.78, 5) is 25.3. The molecule has 1 N–H and O–H groups in total. The van der Waals surface area contributed by atoms with Gasteiger partial charge in [-0.3, -0.25) is 4.79 Å². The van der Waals surface area contributed by atoms with Crippen molar-refractivity contribution < 1.29 is 19.1 Å². The highest BCUT2D eigenvalue weighted by molar-refractivity contribution is 8.19. The van der Waals surface area contributed by atoms with Gasteiger partial charge >= 0.3 is 5.97 Å². The zero-order valence-corrected chi connectivity index (χ0v) is 19.1. The molecule has 1 fully saturated rings. The number of esters is 1. The van der Waals surface area contributed by atoms with Gasteiger partial charge in [0.15, 0.2) is 0 Å². The average Bonchev–Trinajstić information content (AvgIpc) is 3.28. The van der Waals surface area contributed by atoms with Crippen LogP contribution in [0.2, 0.25) is 0 Å². The van der Waals surface area contributed by atoms with E-state index in [0.29, 0.717) is 28.3 Å². The van der Waals surface area contributed by atoms with Crippen LogP contribution < -0.4 is 14.8 Å². The van der Waals surface area contributed by atoms with Crippen LogP contribution in [0.3, 0.4) is 0 Å². The van der Waals surface area contributed by atoms with Crippen LogP contribution in [0.1, 0.15) is 41.3 Å². The van der Waals surface area contributed by atoms with E-state index >= 15 is 0 Å². The molecule has 0 aromatic heterocycles. The van der Waals surface area contributed by atoms with E-state index in [9.17, 15) is 9.59 Å². The summed E-state index contributed by atoms with van der Waals surface area (Å²) < 4.78 is 11.4. The molecule has 0 bridgehead atoms. The molecular weight excluding hydrogens is 418 g/mol. The maximum Gasteiger partial charge on any atom is 0.334 e. The molecule has 1 heterocycles. The summed E-state index contributed by atoms with van der Waals surface area (Å²) >= 11 is 3.86. The lowest BCUT2D eigenvalue weighted by molar-refractivity contribution is -0.137. The molecule has 1 aliphatic rings. The van der Waals surface area contributed by atoms with Crippen LogP contribution in [0, 0.1) is 5.92 Å². The average molecular weight is 446 g/mol. The predicted octanol–water partition coefficient (Wildman–Crippen LogP) is 4.92. The second-order valence-corrected chi connectivity index (χ2v) is 9.94. The van der Waals surface area contributed by atoms with Gasteiger partial charge in [0, 0.05) is 17.1 Å². The Morgan fingerprint density at radius 2 is 1.60 bits per heavy atom. The number of benzene rings is 2. The molecule has 30 heavy (non-hydrogen) atoms. The molecule has 2 aromatic carbocycles. The number of thioether (sulfide) groups is 2. The molecule has 3 rings (SSSR count). The first-order valence-electron chi connectivity index (χ1n) is 10.1.